The van der Waals surface area contributed by atoms with Gasteiger partial charge in [-0.25, -0.2) is 0 Å². The van der Waals surface area contributed by atoms with Crippen LogP contribution >= 0.6 is 0 Å². The molecule has 1 aromatic rings. The van der Waals surface area contributed by atoms with Gasteiger partial charge in [-0.05, 0) is 6.92 Å². The molecule has 0 unspecified atom stereocenters. The van der Waals surface area contributed by atoms with Crippen LogP contribution in [0, 0.1) is 6.92 Å². The second kappa shape index (κ2) is 2.75. The molecule has 0 heterocycles. The Kier molecular flexibility index (Phi) is 1.96. The topological polar surface area (TPSA) is 37.3 Å². The van der Waals surface area contributed by atoms with Gasteiger partial charge in [0.05, 0.1) is 0 Å². The van der Waals surface area contributed by atoms with Crippen molar-refractivity contribution in [1.29, 1.82) is 0 Å². The highest BCUT2D eigenvalue weighted by Crippen LogP contribution is 1.91. The maximum atomic E-state index is 10.5. The Hall–Kier alpha value is -0.963. The number of hydrogen-bond donors (Lipinski definition) is 1. The lowest BCUT2D eigenvalue weighted by Crippen LogP contribution is -2.19. The van der Waals surface area contributed by atoms with Crippen LogP contribution < -0.4 is 5.19 Å². The number of rotatable bonds is 1. The average molecular weight is 152 g/mol. The van der Waals surface area contributed by atoms with E-state index in [1.165, 1.54) is 0 Å². The van der Waals surface area contributed by atoms with Crippen LogP contribution in [-0.4, -0.2) is 13.7 Å². The summed E-state index contributed by atoms with van der Waals surface area (Å²) in [5.74, 6) is 0. The summed E-state index contributed by atoms with van der Waals surface area (Å²) in [5.41, 5.74) is 1.10. The standard InChI is InChI=1S/C7H8O2Si/c1-6-2-4-7(5-3-6)10(8)9/h2-5,8H,1H3. The van der Waals surface area contributed by atoms with Crippen LogP contribution in [0.5, 0.6) is 0 Å². The third-order valence-electron chi connectivity index (χ3n) is 1.30. The second-order valence-electron chi connectivity index (χ2n) is 2.17. The normalized spacial score (nSPS) is 9.30. The van der Waals surface area contributed by atoms with E-state index in [0.29, 0.717) is 5.19 Å². The number of hydrogen-bond acceptors (Lipinski definition) is 1. The fourth-order valence-corrected chi connectivity index (χ4v) is 1.15. The van der Waals surface area contributed by atoms with Gasteiger partial charge in [-0.15, -0.1) is 0 Å². The Labute approximate surface area is 60.9 Å². The summed E-state index contributed by atoms with van der Waals surface area (Å²) in [6.45, 7) is 1.94. The van der Waals surface area contributed by atoms with Crippen LogP contribution in [-0.2, 0) is 4.46 Å². The zero-order chi connectivity index (χ0) is 7.56. The molecule has 1 rings (SSSR count). The van der Waals surface area contributed by atoms with Gasteiger partial charge in [0.25, 0.3) is 0 Å². The summed E-state index contributed by atoms with van der Waals surface area (Å²) >= 11 is 0. The van der Waals surface area contributed by atoms with Gasteiger partial charge in [0, 0.05) is 5.19 Å². The summed E-state index contributed by atoms with van der Waals surface area (Å²) in [4.78, 5) is 8.66. The first kappa shape index (κ1) is 7.15. The molecule has 0 atom stereocenters. The van der Waals surface area contributed by atoms with Gasteiger partial charge in [-0.2, -0.15) is 0 Å². The molecule has 0 amide bonds. The molecule has 0 aliphatic carbocycles. The molecule has 1 aromatic carbocycles. The molecule has 52 valence electrons. The van der Waals surface area contributed by atoms with Crippen LogP contribution in [0.4, 0.5) is 0 Å². The molecule has 1 N–H and O–H groups in total. The number of benzene rings is 1. The van der Waals surface area contributed by atoms with E-state index in [4.69, 9.17) is 4.80 Å². The van der Waals surface area contributed by atoms with E-state index in [1.54, 1.807) is 12.1 Å². The maximum absolute atomic E-state index is 10.5. The Bertz CT molecular complexity index is 240. The molecule has 0 fully saturated rings. The smallest absolute Gasteiger partial charge is 0.537 e. The van der Waals surface area contributed by atoms with Crippen molar-refractivity contribution < 1.29 is 9.26 Å². The molecule has 0 aliphatic heterocycles. The molecule has 2 nitrogen and oxygen atoms in total. The van der Waals surface area contributed by atoms with Gasteiger partial charge in [0.2, 0.25) is 0 Å². The van der Waals surface area contributed by atoms with E-state index in [0.717, 1.165) is 5.56 Å². The fourth-order valence-electron chi connectivity index (χ4n) is 0.696. The van der Waals surface area contributed by atoms with Crippen molar-refractivity contribution in [1.82, 2.24) is 0 Å². The predicted molar refractivity (Wildman–Crippen MR) is 39.5 cm³/mol. The minimum Gasteiger partial charge on any atom is -0.537 e. The van der Waals surface area contributed by atoms with Gasteiger partial charge in [0.1, 0.15) is 0 Å². The third-order valence-corrected chi connectivity index (χ3v) is 2.13. The van der Waals surface area contributed by atoms with Crippen molar-refractivity contribution in [2.75, 3.05) is 0 Å². The maximum Gasteiger partial charge on any atom is 0.537 e. The SMILES string of the molecule is Cc1ccc([Si](=O)O)cc1. The first-order valence-corrected chi connectivity index (χ1v) is 4.35. The average Bonchev–Trinajstić information content (AvgIpc) is 1.88. The van der Waals surface area contributed by atoms with Crippen LogP contribution in [0.15, 0.2) is 24.3 Å². The molecule has 0 saturated carbocycles. The molecule has 0 aliphatic rings. The lowest BCUT2D eigenvalue weighted by Gasteiger charge is -1.91. The van der Waals surface area contributed by atoms with Gasteiger partial charge in [-0.1, -0.05) is 29.8 Å². The van der Waals surface area contributed by atoms with Gasteiger partial charge in [0.15, 0.2) is 0 Å². The monoisotopic (exact) mass is 152 g/mol. The summed E-state index contributed by atoms with van der Waals surface area (Å²) in [5, 5.41) is 0.524. The molecule has 3 heteroatoms. The van der Waals surface area contributed by atoms with E-state index in [2.05, 4.69) is 0 Å². The van der Waals surface area contributed by atoms with Crippen molar-refractivity contribution in [3.05, 3.63) is 29.8 Å². The fraction of sp³-hybridized carbons (Fsp3) is 0.143. The molecule has 0 bridgehead atoms. The molecule has 0 aromatic heterocycles. The van der Waals surface area contributed by atoms with Gasteiger partial charge in [-0.3, -0.25) is 0 Å². The van der Waals surface area contributed by atoms with Gasteiger partial charge >= 0.3 is 8.93 Å². The number of aryl methyl sites for hydroxylation is 1. The lowest BCUT2D eigenvalue weighted by molar-refractivity contribution is 0.462. The molecular weight excluding hydrogens is 144 g/mol. The summed E-state index contributed by atoms with van der Waals surface area (Å²) < 4.78 is 10.5. The zero-order valence-electron chi connectivity index (χ0n) is 5.66. The first-order valence-electron chi connectivity index (χ1n) is 3.00. The highest BCUT2D eigenvalue weighted by molar-refractivity contribution is 6.51. The van der Waals surface area contributed by atoms with Crippen molar-refractivity contribution in [3.63, 3.8) is 0 Å². The lowest BCUT2D eigenvalue weighted by atomic mass is 10.2. The Balaban J connectivity index is 3.00. The first-order chi connectivity index (χ1) is 4.70. The molecule has 0 saturated heterocycles. The van der Waals surface area contributed by atoms with E-state index in [-0.39, 0.29) is 0 Å². The molecule has 0 radical (unpaired) electrons. The zero-order valence-corrected chi connectivity index (χ0v) is 6.66. The van der Waals surface area contributed by atoms with Crippen LogP contribution in [0.3, 0.4) is 0 Å². The van der Waals surface area contributed by atoms with Crippen LogP contribution in [0.1, 0.15) is 5.56 Å². The Morgan fingerprint density at radius 1 is 1.30 bits per heavy atom. The largest absolute Gasteiger partial charge is 0.537 e. The summed E-state index contributed by atoms with van der Waals surface area (Å²) in [7, 11) is -2.48. The van der Waals surface area contributed by atoms with Crippen molar-refractivity contribution in [2.24, 2.45) is 0 Å². The van der Waals surface area contributed by atoms with Crippen molar-refractivity contribution in [2.45, 2.75) is 6.92 Å². The van der Waals surface area contributed by atoms with E-state index < -0.39 is 8.93 Å². The van der Waals surface area contributed by atoms with E-state index >= 15 is 0 Å². The van der Waals surface area contributed by atoms with Crippen LogP contribution in [0.25, 0.3) is 0 Å². The van der Waals surface area contributed by atoms with Crippen molar-refractivity contribution >= 4 is 14.1 Å². The second-order valence-corrected chi connectivity index (χ2v) is 3.36. The Morgan fingerprint density at radius 2 is 1.80 bits per heavy atom. The van der Waals surface area contributed by atoms with E-state index in [1.807, 2.05) is 19.1 Å². The summed E-state index contributed by atoms with van der Waals surface area (Å²) in [6, 6.07) is 7.01. The highest BCUT2D eigenvalue weighted by atomic mass is 28.3. The minimum atomic E-state index is -2.48. The molecule has 0 spiro atoms. The molecular formula is C7H8O2Si. The Morgan fingerprint density at radius 3 is 2.20 bits per heavy atom. The van der Waals surface area contributed by atoms with E-state index in [9.17, 15) is 4.46 Å². The highest BCUT2D eigenvalue weighted by Gasteiger charge is 2.03. The quantitative estimate of drug-likeness (QED) is 0.580. The summed E-state index contributed by atoms with van der Waals surface area (Å²) in [6.07, 6.45) is 0. The minimum absolute atomic E-state index is 0.524. The van der Waals surface area contributed by atoms with Gasteiger partial charge < -0.3 is 9.26 Å². The van der Waals surface area contributed by atoms with Crippen LogP contribution in [0.2, 0.25) is 0 Å². The van der Waals surface area contributed by atoms with Crippen molar-refractivity contribution in [3.8, 4) is 0 Å². The molecule has 10 heavy (non-hydrogen) atoms. The predicted octanol–water partition coefficient (Wildman–Crippen LogP) is 0.113. The third kappa shape index (κ3) is 1.51.